The van der Waals surface area contributed by atoms with Gasteiger partial charge in [-0.3, -0.25) is 4.90 Å². The van der Waals surface area contributed by atoms with Crippen LogP contribution >= 0.6 is 0 Å². The molecule has 3 aliphatic rings. The monoisotopic (exact) mass is 208 g/mol. The van der Waals surface area contributed by atoms with Crippen LogP contribution in [0.5, 0.6) is 0 Å². The highest BCUT2D eigenvalue weighted by molar-refractivity contribution is 4.98. The minimum atomic E-state index is 0.377. The van der Waals surface area contributed by atoms with E-state index in [1.54, 1.807) is 0 Å². The van der Waals surface area contributed by atoms with Crippen LogP contribution in [-0.4, -0.2) is 36.1 Å². The predicted octanol–water partition coefficient (Wildman–Crippen LogP) is 1.86. The third-order valence-electron chi connectivity index (χ3n) is 4.83. The Kier molecular flexibility index (Phi) is 2.33. The van der Waals surface area contributed by atoms with Gasteiger partial charge in [-0.05, 0) is 44.9 Å². The molecule has 0 bridgehead atoms. The molecule has 0 spiro atoms. The summed E-state index contributed by atoms with van der Waals surface area (Å²) in [4.78, 5) is 2.77. The molecule has 1 aliphatic carbocycles. The van der Waals surface area contributed by atoms with Crippen molar-refractivity contribution in [2.24, 2.45) is 11.8 Å². The Balaban J connectivity index is 1.61. The second-order valence-corrected chi connectivity index (χ2v) is 6.53. The average molecular weight is 208 g/mol. The summed E-state index contributed by atoms with van der Waals surface area (Å²) in [6.45, 7) is 8.68. The number of fused-ring (bicyclic) bond motifs is 1. The van der Waals surface area contributed by atoms with Crippen LogP contribution in [0.1, 0.15) is 39.5 Å². The van der Waals surface area contributed by atoms with Crippen LogP contribution in [0.2, 0.25) is 0 Å². The molecule has 3 atom stereocenters. The van der Waals surface area contributed by atoms with Gasteiger partial charge in [-0.1, -0.05) is 6.42 Å². The van der Waals surface area contributed by atoms with E-state index in [2.05, 4.69) is 24.1 Å². The number of nitrogens with one attached hydrogen (secondary N) is 1. The van der Waals surface area contributed by atoms with Crippen LogP contribution in [0, 0.1) is 11.8 Å². The Morgan fingerprint density at radius 1 is 1.13 bits per heavy atom. The smallest absolute Gasteiger partial charge is 0.0238 e. The summed E-state index contributed by atoms with van der Waals surface area (Å²) >= 11 is 0. The van der Waals surface area contributed by atoms with E-state index in [0.717, 1.165) is 17.9 Å². The van der Waals surface area contributed by atoms with Gasteiger partial charge in [-0.2, -0.15) is 0 Å². The van der Waals surface area contributed by atoms with Gasteiger partial charge in [0.15, 0.2) is 0 Å². The number of rotatable bonds is 1. The van der Waals surface area contributed by atoms with E-state index in [9.17, 15) is 0 Å². The first-order valence-electron chi connectivity index (χ1n) is 6.63. The fourth-order valence-corrected chi connectivity index (χ4v) is 3.96. The molecular formula is C13H24N2. The van der Waals surface area contributed by atoms with Gasteiger partial charge in [0.05, 0.1) is 0 Å². The molecule has 0 amide bonds. The van der Waals surface area contributed by atoms with Crippen molar-refractivity contribution in [1.29, 1.82) is 0 Å². The minimum absolute atomic E-state index is 0.377. The van der Waals surface area contributed by atoms with Crippen molar-refractivity contribution in [1.82, 2.24) is 10.2 Å². The molecule has 2 heteroatoms. The number of nitrogens with zero attached hydrogens (tertiary/aromatic N) is 1. The van der Waals surface area contributed by atoms with Gasteiger partial charge >= 0.3 is 0 Å². The summed E-state index contributed by atoms with van der Waals surface area (Å²) in [5.41, 5.74) is 0.377. The fraction of sp³-hybridized carbons (Fsp3) is 1.00. The predicted molar refractivity (Wildman–Crippen MR) is 62.9 cm³/mol. The van der Waals surface area contributed by atoms with Gasteiger partial charge in [0.1, 0.15) is 0 Å². The first-order chi connectivity index (χ1) is 7.14. The average Bonchev–Trinajstić information content (AvgIpc) is 2.75. The van der Waals surface area contributed by atoms with Gasteiger partial charge in [0.25, 0.3) is 0 Å². The molecular weight excluding hydrogens is 184 g/mol. The van der Waals surface area contributed by atoms with Crippen molar-refractivity contribution in [3.05, 3.63) is 0 Å². The molecule has 86 valence electrons. The second kappa shape index (κ2) is 3.46. The zero-order valence-electron chi connectivity index (χ0n) is 10.1. The highest BCUT2D eigenvalue weighted by Crippen LogP contribution is 2.39. The highest BCUT2D eigenvalue weighted by Gasteiger charge is 2.41. The molecule has 0 aromatic carbocycles. The minimum Gasteiger partial charge on any atom is -0.310 e. The van der Waals surface area contributed by atoms with Gasteiger partial charge in [0.2, 0.25) is 0 Å². The molecule has 1 N–H and O–H groups in total. The Bertz CT molecular complexity index is 237. The number of hydrogen-bond acceptors (Lipinski definition) is 2. The van der Waals surface area contributed by atoms with E-state index in [-0.39, 0.29) is 0 Å². The summed E-state index contributed by atoms with van der Waals surface area (Å²) in [5.74, 6) is 2.10. The quantitative estimate of drug-likeness (QED) is 0.707. The molecule has 2 heterocycles. The van der Waals surface area contributed by atoms with Crippen LogP contribution in [0.25, 0.3) is 0 Å². The lowest BCUT2D eigenvalue weighted by Crippen LogP contribution is -2.35. The zero-order chi connectivity index (χ0) is 10.5. The summed E-state index contributed by atoms with van der Waals surface area (Å²) in [7, 11) is 0. The summed E-state index contributed by atoms with van der Waals surface area (Å²) < 4.78 is 0. The molecule has 2 saturated heterocycles. The molecule has 3 unspecified atom stereocenters. The fourth-order valence-electron chi connectivity index (χ4n) is 3.96. The summed E-state index contributed by atoms with van der Waals surface area (Å²) in [5, 5.41) is 3.65. The molecule has 0 aromatic heterocycles. The number of likely N-dealkylation sites (tertiary alicyclic amines) is 1. The SMILES string of the molecule is CC1(C)CC(N2CC3CCCC3C2)CN1. The third kappa shape index (κ3) is 1.83. The van der Waals surface area contributed by atoms with Crippen molar-refractivity contribution in [2.75, 3.05) is 19.6 Å². The van der Waals surface area contributed by atoms with E-state index in [1.807, 2.05) is 0 Å². The van der Waals surface area contributed by atoms with Gasteiger partial charge in [-0.15, -0.1) is 0 Å². The zero-order valence-corrected chi connectivity index (χ0v) is 10.1. The van der Waals surface area contributed by atoms with Crippen LogP contribution in [0.15, 0.2) is 0 Å². The highest BCUT2D eigenvalue weighted by atomic mass is 15.2. The topological polar surface area (TPSA) is 15.3 Å². The standard InChI is InChI=1S/C13H24N2/c1-13(2)6-12(7-14-13)15-8-10-4-3-5-11(10)9-15/h10-12,14H,3-9H2,1-2H3. The molecule has 1 saturated carbocycles. The van der Waals surface area contributed by atoms with Gasteiger partial charge in [-0.25, -0.2) is 0 Å². The van der Waals surface area contributed by atoms with E-state index in [0.29, 0.717) is 5.54 Å². The van der Waals surface area contributed by atoms with Gasteiger partial charge in [0, 0.05) is 31.2 Å². The number of hydrogen-bond donors (Lipinski definition) is 1. The van der Waals surface area contributed by atoms with Gasteiger partial charge < -0.3 is 5.32 Å². The van der Waals surface area contributed by atoms with Crippen molar-refractivity contribution in [3.8, 4) is 0 Å². The maximum absolute atomic E-state index is 3.65. The van der Waals surface area contributed by atoms with E-state index in [4.69, 9.17) is 0 Å². The normalized spacial score (nSPS) is 44.8. The van der Waals surface area contributed by atoms with Crippen molar-refractivity contribution < 1.29 is 0 Å². The molecule has 3 rings (SSSR count). The Morgan fingerprint density at radius 2 is 1.80 bits per heavy atom. The Morgan fingerprint density at radius 3 is 2.33 bits per heavy atom. The Hall–Kier alpha value is -0.0800. The van der Waals surface area contributed by atoms with Crippen LogP contribution in [-0.2, 0) is 0 Å². The first-order valence-corrected chi connectivity index (χ1v) is 6.63. The molecule has 2 nitrogen and oxygen atoms in total. The molecule has 0 radical (unpaired) electrons. The lowest BCUT2D eigenvalue weighted by Gasteiger charge is -2.25. The van der Waals surface area contributed by atoms with E-state index >= 15 is 0 Å². The third-order valence-corrected chi connectivity index (χ3v) is 4.83. The second-order valence-electron chi connectivity index (χ2n) is 6.53. The lowest BCUT2D eigenvalue weighted by molar-refractivity contribution is 0.231. The Labute approximate surface area is 93.4 Å². The largest absolute Gasteiger partial charge is 0.310 e. The van der Waals surface area contributed by atoms with Crippen LogP contribution < -0.4 is 5.32 Å². The van der Waals surface area contributed by atoms with Crippen LogP contribution in [0.3, 0.4) is 0 Å². The summed E-state index contributed by atoms with van der Waals surface area (Å²) in [6.07, 6.45) is 5.85. The molecule has 3 fully saturated rings. The van der Waals surface area contributed by atoms with Crippen molar-refractivity contribution >= 4 is 0 Å². The molecule has 2 aliphatic heterocycles. The van der Waals surface area contributed by atoms with E-state index in [1.165, 1.54) is 45.3 Å². The maximum Gasteiger partial charge on any atom is 0.0238 e. The summed E-state index contributed by atoms with van der Waals surface area (Å²) in [6, 6.07) is 0.825. The molecule has 15 heavy (non-hydrogen) atoms. The van der Waals surface area contributed by atoms with Crippen LogP contribution in [0.4, 0.5) is 0 Å². The lowest BCUT2D eigenvalue weighted by atomic mass is 10.0. The van der Waals surface area contributed by atoms with Crippen molar-refractivity contribution in [2.45, 2.75) is 51.1 Å². The van der Waals surface area contributed by atoms with Crippen molar-refractivity contribution in [3.63, 3.8) is 0 Å². The molecule has 0 aromatic rings. The first kappa shape index (κ1) is 10.1. The maximum atomic E-state index is 3.65. The van der Waals surface area contributed by atoms with E-state index < -0.39 is 0 Å².